The summed E-state index contributed by atoms with van der Waals surface area (Å²) in [7, 11) is -3.03. The summed E-state index contributed by atoms with van der Waals surface area (Å²) in [6.45, 7) is 3.04. The molecule has 2 heterocycles. The maximum absolute atomic E-state index is 13.3. The molecule has 0 unspecified atom stereocenters. The summed E-state index contributed by atoms with van der Waals surface area (Å²) in [5.74, 6) is -2.08. The lowest BCUT2D eigenvalue weighted by molar-refractivity contribution is -0.146. The number of anilines is 1. The minimum Gasteiger partial charge on any atom is -0.469 e. The van der Waals surface area contributed by atoms with E-state index in [1.54, 1.807) is 36.4 Å². The van der Waals surface area contributed by atoms with Gasteiger partial charge in [-0.2, -0.15) is 8.42 Å². The standard InChI is InChI=1S/C26H24N2O7S/c1-16-6-8-18(9-7-16)36(32,33)35-28-24(29)20-5-3-4-19-22(11-10-21(23(19)20)25(28)30)27-14-12-17(13-15-27)26(31)34-2/h3-11,17H,12-15H2,1-2H3. The second-order valence-corrected chi connectivity index (χ2v) is 10.4. The first-order valence-corrected chi connectivity index (χ1v) is 12.9. The van der Waals surface area contributed by atoms with Crippen LogP contribution in [-0.4, -0.2) is 51.5 Å². The van der Waals surface area contributed by atoms with Gasteiger partial charge in [0.25, 0.3) is 11.8 Å². The summed E-state index contributed by atoms with van der Waals surface area (Å²) in [5.41, 5.74) is 2.03. The van der Waals surface area contributed by atoms with Crippen LogP contribution in [-0.2, 0) is 23.9 Å². The highest BCUT2D eigenvalue weighted by Crippen LogP contribution is 2.38. The number of rotatable bonds is 5. The zero-order valence-corrected chi connectivity index (χ0v) is 20.6. The van der Waals surface area contributed by atoms with Gasteiger partial charge in [-0.1, -0.05) is 29.8 Å². The highest BCUT2D eigenvalue weighted by Gasteiger charge is 2.38. The number of amides is 2. The van der Waals surface area contributed by atoms with Crippen molar-refractivity contribution in [2.24, 2.45) is 5.92 Å². The normalized spacial score (nSPS) is 16.5. The van der Waals surface area contributed by atoms with Crippen LogP contribution in [0.25, 0.3) is 10.8 Å². The number of methoxy groups -OCH3 is 1. The quantitative estimate of drug-likeness (QED) is 0.381. The zero-order chi connectivity index (χ0) is 25.6. The van der Waals surface area contributed by atoms with Crippen molar-refractivity contribution < 1.29 is 31.8 Å². The molecular weight excluding hydrogens is 484 g/mol. The Hall–Kier alpha value is -3.76. The summed E-state index contributed by atoms with van der Waals surface area (Å²) >= 11 is 0. The van der Waals surface area contributed by atoms with Crippen LogP contribution in [0.2, 0.25) is 0 Å². The minimum absolute atomic E-state index is 0.157. The van der Waals surface area contributed by atoms with Gasteiger partial charge in [-0.25, -0.2) is 0 Å². The van der Waals surface area contributed by atoms with Gasteiger partial charge in [-0.3, -0.25) is 14.4 Å². The molecule has 2 aliphatic rings. The van der Waals surface area contributed by atoms with Gasteiger partial charge in [0.15, 0.2) is 0 Å². The Kier molecular flexibility index (Phi) is 6.01. The fraction of sp³-hybridized carbons (Fsp3) is 0.269. The molecule has 0 aliphatic carbocycles. The van der Waals surface area contributed by atoms with Crippen LogP contribution in [0.1, 0.15) is 39.1 Å². The number of hydroxylamine groups is 2. The van der Waals surface area contributed by atoms with Gasteiger partial charge in [0.05, 0.1) is 29.1 Å². The number of hydrogen-bond donors (Lipinski definition) is 0. The van der Waals surface area contributed by atoms with E-state index >= 15 is 0 Å². The fourth-order valence-corrected chi connectivity index (χ4v) is 5.66. The first-order chi connectivity index (χ1) is 17.2. The smallest absolute Gasteiger partial charge is 0.318 e. The second-order valence-electron chi connectivity index (χ2n) is 8.89. The Balaban J connectivity index is 1.48. The highest BCUT2D eigenvalue weighted by molar-refractivity contribution is 7.86. The molecule has 1 fully saturated rings. The summed E-state index contributed by atoms with van der Waals surface area (Å²) in [5, 5.41) is 1.46. The number of nitrogens with zero attached hydrogens (tertiary/aromatic N) is 2. The van der Waals surface area contributed by atoms with Crippen LogP contribution in [0.3, 0.4) is 0 Å². The molecule has 0 spiro atoms. The Morgan fingerprint density at radius 1 is 0.917 bits per heavy atom. The van der Waals surface area contributed by atoms with Crippen molar-refractivity contribution in [3.05, 3.63) is 71.3 Å². The number of carbonyl (C=O) groups is 3. The van der Waals surface area contributed by atoms with E-state index in [1.165, 1.54) is 19.2 Å². The molecule has 0 bridgehead atoms. The van der Waals surface area contributed by atoms with Gasteiger partial charge in [-0.15, -0.1) is 9.35 Å². The average molecular weight is 509 g/mol. The van der Waals surface area contributed by atoms with Crippen LogP contribution < -0.4 is 4.90 Å². The van der Waals surface area contributed by atoms with E-state index in [1.807, 2.05) is 13.0 Å². The van der Waals surface area contributed by atoms with Crippen LogP contribution in [0.15, 0.2) is 59.5 Å². The third kappa shape index (κ3) is 4.02. The van der Waals surface area contributed by atoms with Gasteiger partial charge >= 0.3 is 16.1 Å². The number of carbonyl (C=O) groups excluding carboxylic acids is 3. The molecule has 0 radical (unpaired) electrons. The predicted octanol–water partition coefficient (Wildman–Crippen LogP) is 3.45. The molecule has 2 amide bonds. The molecule has 36 heavy (non-hydrogen) atoms. The van der Waals surface area contributed by atoms with E-state index in [0.29, 0.717) is 41.8 Å². The molecule has 3 aromatic carbocycles. The maximum atomic E-state index is 13.3. The molecule has 9 nitrogen and oxygen atoms in total. The van der Waals surface area contributed by atoms with Gasteiger partial charge in [-0.05, 0) is 50.1 Å². The Bertz CT molecular complexity index is 1470. The maximum Gasteiger partial charge on any atom is 0.318 e. The van der Waals surface area contributed by atoms with E-state index < -0.39 is 21.9 Å². The van der Waals surface area contributed by atoms with Crippen molar-refractivity contribution in [2.45, 2.75) is 24.7 Å². The fourth-order valence-electron chi connectivity index (χ4n) is 4.77. The monoisotopic (exact) mass is 508 g/mol. The molecule has 0 saturated carbocycles. The van der Waals surface area contributed by atoms with Crippen molar-refractivity contribution in [1.29, 1.82) is 0 Å². The van der Waals surface area contributed by atoms with E-state index in [2.05, 4.69) is 4.90 Å². The number of aryl methyl sites for hydroxylation is 1. The molecule has 1 saturated heterocycles. The van der Waals surface area contributed by atoms with Gasteiger partial charge in [0, 0.05) is 29.5 Å². The van der Waals surface area contributed by atoms with Crippen molar-refractivity contribution in [3.8, 4) is 0 Å². The van der Waals surface area contributed by atoms with Gasteiger partial charge in [0.2, 0.25) is 0 Å². The van der Waals surface area contributed by atoms with Crippen molar-refractivity contribution in [2.75, 3.05) is 25.1 Å². The molecule has 0 N–H and O–H groups in total. The Labute approximate surface area is 208 Å². The largest absolute Gasteiger partial charge is 0.469 e. The summed E-state index contributed by atoms with van der Waals surface area (Å²) in [6.07, 6.45) is 1.26. The number of benzene rings is 3. The van der Waals surface area contributed by atoms with Crippen molar-refractivity contribution >= 4 is 44.4 Å². The van der Waals surface area contributed by atoms with Crippen molar-refractivity contribution in [3.63, 3.8) is 0 Å². The van der Waals surface area contributed by atoms with Crippen LogP contribution in [0.4, 0.5) is 5.69 Å². The molecule has 3 aromatic rings. The zero-order valence-electron chi connectivity index (χ0n) is 19.8. The predicted molar refractivity (Wildman–Crippen MR) is 131 cm³/mol. The average Bonchev–Trinajstić information content (AvgIpc) is 2.89. The number of piperidine rings is 1. The number of esters is 1. The molecule has 10 heteroatoms. The summed E-state index contributed by atoms with van der Waals surface area (Å²) in [6, 6.07) is 14.3. The lowest BCUT2D eigenvalue weighted by Crippen LogP contribution is -2.42. The lowest BCUT2D eigenvalue weighted by Gasteiger charge is -2.34. The summed E-state index contributed by atoms with van der Waals surface area (Å²) in [4.78, 5) is 40.4. The third-order valence-electron chi connectivity index (χ3n) is 6.70. The molecule has 5 rings (SSSR count). The first kappa shape index (κ1) is 24.0. The van der Waals surface area contributed by atoms with Crippen LogP contribution >= 0.6 is 0 Å². The van der Waals surface area contributed by atoms with E-state index in [0.717, 1.165) is 11.3 Å². The molecule has 186 valence electrons. The van der Waals surface area contributed by atoms with Gasteiger partial charge < -0.3 is 9.64 Å². The number of hydrogen-bond acceptors (Lipinski definition) is 8. The highest BCUT2D eigenvalue weighted by atomic mass is 32.2. The lowest BCUT2D eigenvalue weighted by atomic mass is 9.92. The summed E-state index contributed by atoms with van der Waals surface area (Å²) < 4.78 is 35.5. The SMILES string of the molecule is COC(=O)C1CCN(c2ccc3c4c(cccc24)C(=O)N(OS(=O)(=O)c2ccc(C)cc2)C3=O)CC1. The van der Waals surface area contributed by atoms with Crippen LogP contribution in [0.5, 0.6) is 0 Å². The van der Waals surface area contributed by atoms with E-state index in [9.17, 15) is 22.8 Å². The minimum atomic E-state index is -4.42. The molecular formula is C26H24N2O7S. The Morgan fingerprint density at radius 3 is 2.19 bits per heavy atom. The third-order valence-corrected chi connectivity index (χ3v) is 7.89. The van der Waals surface area contributed by atoms with E-state index in [4.69, 9.17) is 9.02 Å². The first-order valence-electron chi connectivity index (χ1n) is 11.5. The number of imide groups is 1. The van der Waals surface area contributed by atoms with Crippen LogP contribution in [0, 0.1) is 12.8 Å². The number of ether oxygens (including phenoxy) is 1. The molecule has 0 aromatic heterocycles. The van der Waals surface area contributed by atoms with Gasteiger partial charge in [0.1, 0.15) is 0 Å². The Morgan fingerprint density at radius 2 is 1.56 bits per heavy atom. The second kappa shape index (κ2) is 9.03. The van der Waals surface area contributed by atoms with E-state index in [-0.39, 0.29) is 27.9 Å². The topological polar surface area (TPSA) is 110 Å². The molecule has 2 aliphatic heterocycles. The molecule has 0 atom stereocenters. The van der Waals surface area contributed by atoms with Crippen molar-refractivity contribution in [1.82, 2.24) is 5.06 Å².